The van der Waals surface area contributed by atoms with Gasteiger partial charge in [-0.05, 0) is 66.2 Å². The Bertz CT molecular complexity index is 1160. The first-order valence-electron chi connectivity index (χ1n) is 9.16. The monoisotopic (exact) mass is 474 g/mol. The Morgan fingerprint density at radius 1 is 1.13 bits per heavy atom. The van der Waals surface area contributed by atoms with Gasteiger partial charge in [-0.3, -0.25) is 10.2 Å². The SMILES string of the molecule is Cc1cc(OCCOc2ccc(/C=C3\C(=N)N4N=CSC4=NC3=O)cc2Cl)ccc1Cl. The number of carbonyl (C=O) groups is 1. The molecule has 158 valence electrons. The second kappa shape index (κ2) is 9.13. The molecule has 0 atom stereocenters. The maximum atomic E-state index is 12.3. The molecule has 2 aromatic rings. The first-order chi connectivity index (χ1) is 14.9. The molecular weight excluding hydrogens is 459 g/mol. The molecular formula is C21H16Cl2N4O3S. The summed E-state index contributed by atoms with van der Waals surface area (Å²) in [6, 6.07) is 10.6. The average Bonchev–Trinajstić information content (AvgIpc) is 3.21. The van der Waals surface area contributed by atoms with Crippen molar-refractivity contribution in [1.82, 2.24) is 5.01 Å². The van der Waals surface area contributed by atoms with Gasteiger partial charge in [0, 0.05) is 5.02 Å². The van der Waals surface area contributed by atoms with Gasteiger partial charge in [-0.25, -0.2) is 0 Å². The summed E-state index contributed by atoms with van der Waals surface area (Å²) in [4.78, 5) is 16.2. The quantitative estimate of drug-likeness (QED) is 0.469. The van der Waals surface area contributed by atoms with E-state index in [1.165, 1.54) is 22.3 Å². The summed E-state index contributed by atoms with van der Waals surface area (Å²) in [6.07, 6.45) is 1.56. The van der Waals surface area contributed by atoms with Crippen molar-refractivity contribution in [3.8, 4) is 11.5 Å². The van der Waals surface area contributed by atoms with Crippen LogP contribution in [0, 0.1) is 12.3 Å². The number of benzene rings is 2. The molecule has 1 N–H and O–H groups in total. The van der Waals surface area contributed by atoms with Crippen molar-refractivity contribution < 1.29 is 14.3 Å². The van der Waals surface area contributed by atoms with E-state index in [1.54, 1.807) is 36.4 Å². The number of aryl methyl sites for hydroxylation is 1. The predicted molar refractivity (Wildman–Crippen MR) is 125 cm³/mol. The smallest absolute Gasteiger partial charge is 0.283 e. The number of nitrogens with zero attached hydrogens (tertiary/aromatic N) is 3. The van der Waals surface area contributed by atoms with Crippen LogP contribution >= 0.6 is 35.0 Å². The summed E-state index contributed by atoms with van der Waals surface area (Å²) in [5.74, 6) is 0.692. The molecule has 31 heavy (non-hydrogen) atoms. The molecule has 0 radical (unpaired) electrons. The highest BCUT2D eigenvalue weighted by Crippen LogP contribution is 2.29. The Morgan fingerprint density at radius 3 is 2.71 bits per heavy atom. The van der Waals surface area contributed by atoms with Crippen LogP contribution < -0.4 is 9.47 Å². The zero-order chi connectivity index (χ0) is 22.0. The first-order valence-corrected chi connectivity index (χ1v) is 10.8. The lowest BCUT2D eigenvalue weighted by Crippen LogP contribution is -2.35. The second-order valence-electron chi connectivity index (χ2n) is 6.55. The number of nitrogens with one attached hydrogen (secondary N) is 1. The van der Waals surface area contributed by atoms with Crippen molar-refractivity contribution in [2.24, 2.45) is 10.1 Å². The number of thioether (sulfide) groups is 1. The Hall–Kier alpha value is -2.81. The Morgan fingerprint density at radius 2 is 1.94 bits per heavy atom. The third-order valence-corrected chi connectivity index (χ3v) is 5.80. The van der Waals surface area contributed by atoms with Crippen LogP contribution in [0.4, 0.5) is 0 Å². The molecule has 7 nitrogen and oxygen atoms in total. The highest BCUT2D eigenvalue weighted by atomic mass is 35.5. The van der Waals surface area contributed by atoms with Crippen molar-refractivity contribution in [2.75, 3.05) is 13.2 Å². The fourth-order valence-electron chi connectivity index (χ4n) is 2.85. The summed E-state index contributed by atoms with van der Waals surface area (Å²) >= 11 is 13.5. The molecule has 0 fully saturated rings. The molecule has 0 unspecified atom stereocenters. The maximum Gasteiger partial charge on any atom is 0.283 e. The molecule has 0 aliphatic carbocycles. The summed E-state index contributed by atoms with van der Waals surface area (Å²) in [6.45, 7) is 2.55. The van der Waals surface area contributed by atoms with E-state index in [2.05, 4.69) is 10.1 Å². The van der Waals surface area contributed by atoms with Crippen LogP contribution in [0.15, 0.2) is 52.1 Å². The maximum absolute atomic E-state index is 12.3. The fraction of sp³-hybridized carbons (Fsp3) is 0.143. The molecule has 0 saturated heterocycles. The van der Waals surface area contributed by atoms with E-state index < -0.39 is 5.91 Å². The summed E-state index contributed by atoms with van der Waals surface area (Å²) in [5.41, 5.74) is 3.26. The minimum Gasteiger partial charge on any atom is -0.490 e. The number of fused-ring (bicyclic) bond motifs is 1. The van der Waals surface area contributed by atoms with E-state index in [9.17, 15) is 4.79 Å². The van der Waals surface area contributed by atoms with Gasteiger partial charge in [-0.1, -0.05) is 29.3 Å². The van der Waals surface area contributed by atoms with Gasteiger partial charge >= 0.3 is 0 Å². The van der Waals surface area contributed by atoms with E-state index in [1.807, 2.05) is 13.0 Å². The lowest BCUT2D eigenvalue weighted by Gasteiger charge is -2.20. The van der Waals surface area contributed by atoms with Gasteiger partial charge in [0.25, 0.3) is 5.91 Å². The van der Waals surface area contributed by atoms with Gasteiger partial charge in [0.15, 0.2) is 11.0 Å². The van der Waals surface area contributed by atoms with Gasteiger partial charge in [0.2, 0.25) is 0 Å². The van der Waals surface area contributed by atoms with Gasteiger partial charge < -0.3 is 9.47 Å². The van der Waals surface area contributed by atoms with Crippen LogP contribution in [-0.4, -0.2) is 40.7 Å². The van der Waals surface area contributed by atoms with E-state index in [0.717, 1.165) is 5.56 Å². The summed E-state index contributed by atoms with van der Waals surface area (Å²) in [5, 5.41) is 15.0. The molecule has 2 aliphatic rings. The number of carbonyl (C=O) groups excluding carboxylic acids is 1. The van der Waals surface area contributed by atoms with E-state index in [4.69, 9.17) is 38.1 Å². The Kier molecular flexibility index (Phi) is 6.31. The van der Waals surface area contributed by atoms with Crippen LogP contribution in [0.3, 0.4) is 0 Å². The van der Waals surface area contributed by atoms with Gasteiger partial charge in [-0.15, -0.1) is 0 Å². The predicted octanol–water partition coefficient (Wildman–Crippen LogP) is 5.01. The standard InChI is InChI=1S/C21H16Cl2N4O3S/c1-12-8-14(3-4-16(12)22)29-6-7-30-18-5-2-13(10-17(18)23)9-15-19(24)27-21(26-20(15)28)31-11-25-27/h2-5,8-11,24H,6-7H2,1H3/b15-9+,24-19?. The number of rotatable bonds is 6. The molecule has 0 saturated carbocycles. The number of ether oxygens (including phenoxy) is 2. The summed E-state index contributed by atoms with van der Waals surface area (Å²) in [7, 11) is 0. The van der Waals surface area contributed by atoms with Crippen molar-refractivity contribution in [3.05, 3.63) is 63.1 Å². The molecule has 0 bridgehead atoms. The van der Waals surface area contributed by atoms with E-state index >= 15 is 0 Å². The number of amidine groups is 2. The van der Waals surface area contributed by atoms with Gasteiger partial charge in [-0.2, -0.15) is 15.1 Å². The lowest BCUT2D eigenvalue weighted by atomic mass is 10.1. The van der Waals surface area contributed by atoms with Crippen LogP contribution in [0.2, 0.25) is 10.0 Å². The van der Waals surface area contributed by atoms with Gasteiger partial charge in [0.05, 0.1) is 16.1 Å². The van der Waals surface area contributed by atoms with E-state index in [-0.39, 0.29) is 11.4 Å². The molecule has 4 rings (SSSR count). The minimum atomic E-state index is -0.486. The van der Waals surface area contributed by atoms with Gasteiger partial charge in [0.1, 0.15) is 24.7 Å². The number of halogens is 2. The van der Waals surface area contributed by atoms with Crippen molar-refractivity contribution >= 4 is 63.5 Å². The topological polar surface area (TPSA) is 87.3 Å². The molecule has 1 amide bonds. The molecule has 2 aliphatic heterocycles. The van der Waals surface area contributed by atoms with Crippen molar-refractivity contribution in [3.63, 3.8) is 0 Å². The van der Waals surface area contributed by atoms with E-state index in [0.29, 0.717) is 45.5 Å². The Labute approximate surface area is 192 Å². The lowest BCUT2D eigenvalue weighted by molar-refractivity contribution is -0.114. The largest absolute Gasteiger partial charge is 0.490 e. The number of hydrazone groups is 1. The highest BCUT2D eigenvalue weighted by Gasteiger charge is 2.32. The normalized spacial score (nSPS) is 16.5. The zero-order valence-electron chi connectivity index (χ0n) is 16.3. The molecule has 2 heterocycles. The number of aliphatic imine (C=N–C) groups is 1. The van der Waals surface area contributed by atoms with Crippen LogP contribution in [0.5, 0.6) is 11.5 Å². The number of amides is 1. The third kappa shape index (κ3) is 4.76. The third-order valence-electron chi connectivity index (χ3n) is 4.40. The van der Waals surface area contributed by atoms with Crippen LogP contribution in [0.25, 0.3) is 6.08 Å². The van der Waals surface area contributed by atoms with Crippen molar-refractivity contribution in [2.45, 2.75) is 6.92 Å². The van der Waals surface area contributed by atoms with Crippen LogP contribution in [0.1, 0.15) is 11.1 Å². The Balaban J connectivity index is 1.38. The molecule has 0 aromatic heterocycles. The molecule has 2 aromatic carbocycles. The number of hydrogen-bond acceptors (Lipinski definition) is 6. The molecule has 10 heteroatoms. The fourth-order valence-corrected chi connectivity index (χ4v) is 3.82. The first kappa shape index (κ1) is 21.4. The second-order valence-corrected chi connectivity index (χ2v) is 8.18. The summed E-state index contributed by atoms with van der Waals surface area (Å²) < 4.78 is 11.3. The minimum absolute atomic E-state index is 0.0257. The highest BCUT2D eigenvalue weighted by molar-refractivity contribution is 8.25. The zero-order valence-corrected chi connectivity index (χ0v) is 18.6. The number of hydrogen-bond donors (Lipinski definition) is 1. The molecule has 0 spiro atoms. The van der Waals surface area contributed by atoms with Crippen LogP contribution in [-0.2, 0) is 4.79 Å². The van der Waals surface area contributed by atoms with Crippen molar-refractivity contribution in [1.29, 1.82) is 5.41 Å². The average molecular weight is 475 g/mol.